The van der Waals surface area contributed by atoms with Crippen LogP contribution < -0.4 is 14.4 Å². The normalized spacial score (nSPS) is 11.1. The maximum atomic E-state index is 13.3. The van der Waals surface area contributed by atoms with Crippen LogP contribution >= 0.6 is 11.3 Å². The van der Waals surface area contributed by atoms with Gasteiger partial charge in [-0.05, 0) is 47.7 Å². The molecule has 1 aromatic heterocycles. The van der Waals surface area contributed by atoms with E-state index in [0.29, 0.717) is 17.1 Å². The number of rotatable bonds is 8. The molecule has 29 heavy (non-hydrogen) atoms. The number of ether oxygens (including phenoxy) is 1. The van der Waals surface area contributed by atoms with Gasteiger partial charge in [0.25, 0.3) is 10.0 Å². The molecule has 152 valence electrons. The molecule has 0 fully saturated rings. The van der Waals surface area contributed by atoms with Gasteiger partial charge in [0.2, 0.25) is 5.91 Å². The van der Waals surface area contributed by atoms with Gasteiger partial charge in [-0.2, -0.15) is 0 Å². The average molecular weight is 431 g/mol. The highest BCUT2D eigenvalue weighted by Crippen LogP contribution is 2.33. The number of para-hydroxylation sites is 2. The van der Waals surface area contributed by atoms with E-state index in [-0.39, 0.29) is 10.8 Å². The Balaban J connectivity index is 1.94. The summed E-state index contributed by atoms with van der Waals surface area (Å²) in [5, 5.41) is 4.47. The topological polar surface area (TPSA) is 75.7 Å². The van der Waals surface area contributed by atoms with Crippen LogP contribution in [0.1, 0.15) is 12.5 Å². The van der Waals surface area contributed by atoms with E-state index in [1.165, 1.54) is 13.2 Å². The van der Waals surface area contributed by atoms with Crippen LogP contribution in [0.2, 0.25) is 0 Å². The van der Waals surface area contributed by atoms with Crippen molar-refractivity contribution in [2.75, 3.05) is 23.3 Å². The summed E-state index contributed by atoms with van der Waals surface area (Å²) in [5.74, 6) is -0.0716. The summed E-state index contributed by atoms with van der Waals surface area (Å²) in [6.07, 6.45) is 0.837. The molecule has 0 spiro atoms. The predicted molar refractivity (Wildman–Crippen MR) is 116 cm³/mol. The van der Waals surface area contributed by atoms with Gasteiger partial charge in [-0.1, -0.05) is 37.3 Å². The van der Waals surface area contributed by atoms with E-state index in [1.807, 2.05) is 25.1 Å². The number of hydrogen-bond acceptors (Lipinski definition) is 5. The molecule has 1 N–H and O–H groups in total. The van der Waals surface area contributed by atoms with Crippen molar-refractivity contribution in [2.24, 2.45) is 0 Å². The highest BCUT2D eigenvalue weighted by Gasteiger charge is 2.30. The second-order valence-electron chi connectivity index (χ2n) is 6.22. The van der Waals surface area contributed by atoms with Gasteiger partial charge in [0.05, 0.1) is 12.8 Å². The molecule has 3 aromatic rings. The van der Waals surface area contributed by atoms with Crippen molar-refractivity contribution in [1.29, 1.82) is 0 Å². The summed E-state index contributed by atoms with van der Waals surface area (Å²) in [6.45, 7) is 1.65. The summed E-state index contributed by atoms with van der Waals surface area (Å²) >= 11 is 1.10. The van der Waals surface area contributed by atoms with Crippen LogP contribution in [0.15, 0.2) is 70.3 Å². The molecule has 0 unspecified atom stereocenters. The molecule has 8 heteroatoms. The Bertz CT molecular complexity index is 1080. The first-order valence-electron chi connectivity index (χ1n) is 9.03. The summed E-state index contributed by atoms with van der Waals surface area (Å²) in [5.41, 5.74) is 2.01. The molecular formula is C21H22N2O4S2. The zero-order valence-corrected chi connectivity index (χ0v) is 17.8. The standard InChI is InChI=1S/C21H22N2O4S2/c1-3-16-8-6-9-17(14-16)22-20(24)15-23(18-10-4-5-11-19(18)27-2)29(25,26)21-12-7-13-28-21/h4-14H,3,15H2,1-2H3,(H,22,24). The predicted octanol–water partition coefficient (Wildman–Crippen LogP) is 4.15. The number of anilines is 2. The van der Waals surface area contributed by atoms with Gasteiger partial charge < -0.3 is 10.1 Å². The lowest BCUT2D eigenvalue weighted by Gasteiger charge is -2.25. The van der Waals surface area contributed by atoms with Crippen LogP contribution in [0.3, 0.4) is 0 Å². The highest BCUT2D eigenvalue weighted by molar-refractivity contribution is 7.94. The van der Waals surface area contributed by atoms with Crippen molar-refractivity contribution in [3.63, 3.8) is 0 Å². The molecule has 0 atom stereocenters. The Morgan fingerprint density at radius 3 is 2.59 bits per heavy atom. The van der Waals surface area contributed by atoms with Gasteiger partial charge >= 0.3 is 0 Å². The third-order valence-corrected chi connectivity index (χ3v) is 7.43. The fourth-order valence-electron chi connectivity index (χ4n) is 2.85. The van der Waals surface area contributed by atoms with Gasteiger partial charge in [0.15, 0.2) is 0 Å². The van der Waals surface area contributed by atoms with Crippen molar-refractivity contribution in [3.05, 3.63) is 71.6 Å². The Morgan fingerprint density at radius 1 is 1.10 bits per heavy atom. The molecule has 1 heterocycles. The number of sulfonamides is 1. The number of benzene rings is 2. The van der Waals surface area contributed by atoms with Crippen LogP contribution in [0, 0.1) is 0 Å². The largest absolute Gasteiger partial charge is 0.495 e. The summed E-state index contributed by atoms with van der Waals surface area (Å²) in [7, 11) is -2.47. The number of amides is 1. The molecular weight excluding hydrogens is 408 g/mol. The molecule has 1 amide bonds. The maximum absolute atomic E-state index is 13.3. The van der Waals surface area contributed by atoms with E-state index in [2.05, 4.69) is 5.32 Å². The molecule has 0 aliphatic rings. The third-order valence-electron chi connectivity index (χ3n) is 4.30. The Labute approximate surface area is 174 Å². The van der Waals surface area contributed by atoms with Crippen LogP contribution in [0.4, 0.5) is 11.4 Å². The molecule has 3 rings (SSSR count). The zero-order chi connectivity index (χ0) is 20.9. The van der Waals surface area contributed by atoms with E-state index >= 15 is 0 Å². The number of nitrogens with zero attached hydrogens (tertiary/aromatic N) is 1. The first-order chi connectivity index (χ1) is 14.0. The van der Waals surface area contributed by atoms with Crippen molar-refractivity contribution in [2.45, 2.75) is 17.6 Å². The lowest BCUT2D eigenvalue weighted by atomic mass is 10.1. The molecule has 0 saturated carbocycles. The van der Waals surface area contributed by atoms with Gasteiger partial charge in [-0.15, -0.1) is 11.3 Å². The fourth-order valence-corrected chi connectivity index (χ4v) is 5.39. The highest BCUT2D eigenvalue weighted by atomic mass is 32.2. The SMILES string of the molecule is CCc1cccc(NC(=O)CN(c2ccccc2OC)S(=O)(=O)c2cccs2)c1. The second kappa shape index (κ2) is 9.11. The zero-order valence-electron chi connectivity index (χ0n) is 16.2. The second-order valence-corrected chi connectivity index (χ2v) is 9.25. The van der Waals surface area contributed by atoms with E-state index in [1.54, 1.807) is 41.8 Å². The number of hydrogen-bond donors (Lipinski definition) is 1. The number of nitrogens with one attached hydrogen (secondary N) is 1. The molecule has 0 aliphatic carbocycles. The van der Waals surface area contributed by atoms with Crippen molar-refractivity contribution >= 4 is 38.6 Å². The molecule has 0 radical (unpaired) electrons. The van der Waals surface area contributed by atoms with E-state index in [0.717, 1.165) is 27.6 Å². The third kappa shape index (κ3) is 4.78. The first kappa shape index (κ1) is 20.9. The number of aryl methyl sites for hydroxylation is 1. The minimum atomic E-state index is -3.93. The van der Waals surface area contributed by atoms with Gasteiger partial charge in [0, 0.05) is 5.69 Å². The number of carbonyl (C=O) groups is 1. The molecule has 0 aliphatic heterocycles. The van der Waals surface area contributed by atoms with E-state index < -0.39 is 15.9 Å². The quantitative estimate of drug-likeness (QED) is 0.582. The smallest absolute Gasteiger partial charge is 0.274 e. The Morgan fingerprint density at radius 2 is 1.90 bits per heavy atom. The first-order valence-corrected chi connectivity index (χ1v) is 11.4. The number of methoxy groups -OCH3 is 1. The van der Waals surface area contributed by atoms with Gasteiger partial charge in [-0.3, -0.25) is 9.10 Å². The van der Waals surface area contributed by atoms with Crippen molar-refractivity contribution < 1.29 is 17.9 Å². The number of thiophene rings is 1. The minimum absolute atomic E-state index is 0.157. The van der Waals surface area contributed by atoms with E-state index in [4.69, 9.17) is 4.74 Å². The van der Waals surface area contributed by atoms with Crippen LogP contribution in [-0.2, 0) is 21.2 Å². The van der Waals surface area contributed by atoms with E-state index in [9.17, 15) is 13.2 Å². The lowest BCUT2D eigenvalue weighted by molar-refractivity contribution is -0.114. The molecule has 0 saturated heterocycles. The maximum Gasteiger partial charge on any atom is 0.274 e. The Kier molecular flexibility index (Phi) is 6.56. The fraction of sp³-hybridized carbons (Fsp3) is 0.190. The van der Waals surface area contributed by atoms with Crippen molar-refractivity contribution in [1.82, 2.24) is 0 Å². The van der Waals surface area contributed by atoms with Gasteiger partial charge in [0.1, 0.15) is 16.5 Å². The summed E-state index contributed by atoms with van der Waals surface area (Å²) in [6, 6.07) is 17.4. The average Bonchev–Trinajstić information content (AvgIpc) is 3.28. The Hall–Kier alpha value is -2.84. The monoisotopic (exact) mass is 430 g/mol. The molecule has 0 bridgehead atoms. The van der Waals surface area contributed by atoms with Crippen LogP contribution in [-0.4, -0.2) is 28.0 Å². The summed E-state index contributed by atoms with van der Waals surface area (Å²) < 4.78 is 33.1. The van der Waals surface area contributed by atoms with Crippen molar-refractivity contribution in [3.8, 4) is 5.75 Å². The lowest BCUT2D eigenvalue weighted by Crippen LogP contribution is -2.38. The molecule has 2 aromatic carbocycles. The molecule has 6 nitrogen and oxygen atoms in total. The minimum Gasteiger partial charge on any atom is -0.495 e. The van der Waals surface area contributed by atoms with Gasteiger partial charge in [-0.25, -0.2) is 8.42 Å². The van der Waals surface area contributed by atoms with Crippen LogP contribution in [0.25, 0.3) is 0 Å². The number of carbonyl (C=O) groups excluding carboxylic acids is 1. The van der Waals surface area contributed by atoms with Crippen LogP contribution in [0.5, 0.6) is 5.75 Å². The summed E-state index contributed by atoms with van der Waals surface area (Å²) in [4.78, 5) is 12.8.